The van der Waals surface area contributed by atoms with E-state index in [1.165, 1.54) is 7.11 Å². The fourth-order valence-corrected chi connectivity index (χ4v) is 3.34. The monoisotopic (exact) mass is 436 g/mol. The first-order valence-electron chi connectivity index (χ1n) is 8.63. The van der Waals surface area contributed by atoms with Gasteiger partial charge in [-0.1, -0.05) is 18.2 Å². The van der Waals surface area contributed by atoms with Gasteiger partial charge in [0, 0.05) is 16.3 Å². The number of aromatic nitrogens is 1. The minimum Gasteiger partial charge on any atom is -0.504 e. The predicted octanol–water partition coefficient (Wildman–Crippen LogP) is 6.03. The van der Waals surface area contributed by atoms with E-state index in [9.17, 15) is 5.11 Å². The van der Waals surface area contributed by atoms with E-state index in [0.717, 1.165) is 21.1 Å². The number of halogens is 1. The lowest BCUT2D eigenvalue weighted by molar-refractivity contribution is 0.373. The van der Waals surface area contributed by atoms with Crippen molar-refractivity contribution in [1.82, 2.24) is 4.98 Å². The van der Waals surface area contributed by atoms with E-state index in [4.69, 9.17) is 9.15 Å². The average molecular weight is 437 g/mol. The van der Waals surface area contributed by atoms with Crippen molar-refractivity contribution in [2.45, 2.75) is 6.92 Å². The molecule has 3 aromatic carbocycles. The molecular weight excluding hydrogens is 420 g/mol. The predicted molar refractivity (Wildman–Crippen MR) is 114 cm³/mol. The van der Waals surface area contributed by atoms with E-state index >= 15 is 0 Å². The van der Waals surface area contributed by atoms with Crippen LogP contribution in [0.1, 0.15) is 11.1 Å². The fraction of sp³-hybridized carbons (Fsp3) is 0.0909. The van der Waals surface area contributed by atoms with Crippen LogP contribution in [-0.4, -0.2) is 23.4 Å². The third kappa shape index (κ3) is 3.39. The molecule has 0 saturated heterocycles. The molecular formula is C22H17BrN2O3. The van der Waals surface area contributed by atoms with Crippen LogP contribution in [-0.2, 0) is 0 Å². The summed E-state index contributed by atoms with van der Waals surface area (Å²) in [4.78, 5) is 9.07. The Labute approximate surface area is 170 Å². The molecule has 0 fully saturated rings. The molecule has 140 valence electrons. The standard InChI is InChI=1S/C22H17BrN2O3/c1-13-5-3-4-6-15(13)22-25-18-11-14(7-9-19(18)28-22)24-12-16-17(23)8-10-20(27-2)21(16)26/h3-12,26H,1-2H3. The molecule has 1 heterocycles. The van der Waals surface area contributed by atoms with Crippen molar-refractivity contribution in [3.63, 3.8) is 0 Å². The third-order valence-corrected chi connectivity index (χ3v) is 5.13. The summed E-state index contributed by atoms with van der Waals surface area (Å²) >= 11 is 3.43. The molecule has 6 heteroatoms. The first-order valence-corrected chi connectivity index (χ1v) is 9.42. The van der Waals surface area contributed by atoms with Gasteiger partial charge in [0.25, 0.3) is 0 Å². The molecule has 0 spiro atoms. The van der Waals surface area contributed by atoms with Gasteiger partial charge in [0.05, 0.1) is 18.4 Å². The number of aryl methyl sites for hydroxylation is 1. The van der Waals surface area contributed by atoms with Crippen molar-refractivity contribution in [3.8, 4) is 23.0 Å². The second-order valence-electron chi connectivity index (χ2n) is 6.26. The maximum Gasteiger partial charge on any atom is 0.227 e. The number of phenolic OH excluding ortho intramolecular Hbond substituents is 1. The Bertz CT molecular complexity index is 1200. The lowest BCUT2D eigenvalue weighted by Crippen LogP contribution is -1.90. The normalized spacial score (nSPS) is 11.4. The molecule has 0 amide bonds. The van der Waals surface area contributed by atoms with Crippen LogP contribution in [0.15, 0.2) is 68.5 Å². The van der Waals surface area contributed by atoms with Crippen molar-refractivity contribution in [3.05, 3.63) is 70.2 Å². The molecule has 0 aliphatic rings. The van der Waals surface area contributed by atoms with Gasteiger partial charge in [-0.2, -0.15) is 0 Å². The molecule has 0 aliphatic heterocycles. The summed E-state index contributed by atoms with van der Waals surface area (Å²) in [7, 11) is 1.51. The van der Waals surface area contributed by atoms with Crippen molar-refractivity contribution in [2.24, 2.45) is 4.99 Å². The lowest BCUT2D eigenvalue weighted by atomic mass is 10.1. The Morgan fingerprint density at radius 1 is 1.14 bits per heavy atom. The summed E-state index contributed by atoms with van der Waals surface area (Å²) in [5, 5.41) is 10.3. The van der Waals surface area contributed by atoms with Crippen molar-refractivity contribution in [1.29, 1.82) is 0 Å². The second kappa shape index (κ2) is 7.48. The smallest absolute Gasteiger partial charge is 0.227 e. The summed E-state index contributed by atoms with van der Waals surface area (Å²) < 4.78 is 11.8. The summed E-state index contributed by atoms with van der Waals surface area (Å²) in [6.45, 7) is 2.03. The Kier molecular flexibility index (Phi) is 4.88. The first kappa shape index (κ1) is 18.3. The number of hydrogen-bond acceptors (Lipinski definition) is 5. The molecule has 0 unspecified atom stereocenters. The SMILES string of the molecule is COc1ccc(Br)c(C=Nc2ccc3oc(-c4ccccc4C)nc3c2)c1O. The van der Waals surface area contributed by atoms with Gasteiger partial charge < -0.3 is 14.3 Å². The molecule has 1 N–H and O–H groups in total. The van der Waals surface area contributed by atoms with Crippen LogP contribution in [0.4, 0.5) is 5.69 Å². The minimum atomic E-state index is 0.0324. The van der Waals surface area contributed by atoms with E-state index in [1.54, 1.807) is 18.3 Å². The van der Waals surface area contributed by atoms with E-state index < -0.39 is 0 Å². The number of rotatable bonds is 4. The van der Waals surface area contributed by atoms with Gasteiger partial charge >= 0.3 is 0 Å². The third-order valence-electron chi connectivity index (χ3n) is 4.44. The highest BCUT2D eigenvalue weighted by Gasteiger charge is 2.12. The highest BCUT2D eigenvalue weighted by molar-refractivity contribution is 9.10. The van der Waals surface area contributed by atoms with Crippen molar-refractivity contribution < 1.29 is 14.3 Å². The van der Waals surface area contributed by atoms with Crippen LogP contribution in [0.3, 0.4) is 0 Å². The second-order valence-corrected chi connectivity index (χ2v) is 7.11. The molecule has 0 radical (unpaired) electrons. The molecule has 0 atom stereocenters. The number of benzene rings is 3. The summed E-state index contributed by atoms with van der Waals surface area (Å²) in [5.41, 5.74) is 4.73. The number of phenols is 1. The molecule has 4 rings (SSSR count). The van der Waals surface area contributed by atoms with Gasteiger partial charge in [-0.3, -0.25) is 4.99 Å². The van der Waals surface area contributed by atoms with Gasteiger partial charge in [-0.05, 0) is 64.8 Å². The molecule has 4 aromatic rings. The number of fused-ring (bicyclic) bond motifs is 1. The molecule has 0 bridgehead atoms. The van der Waals surface area contributed by atoms with Gasteiger partial charge in [0.15, 0.2) is 17.1 Å². The largest absolute Gasteiger partial charge is 0.504 e. The molecule has 0 saturated carbocycles. The van der Waals surface area contributed by atoms with Gasteiger partial charge in [0.1, 0.15) is 5.52 Å². The Hall–Kier alpha value is -3.12. The minimum absolute atomic E-state index is 0.0324. The topological polar surface area (TPSA) is 67.9 Å². The molecule has 0 aliphatic carbocycles. The molecule has 5 nitrogen and oxygen atoms in total. The van der Waals surface area contributed by atoms with Crippen LogP contribution in [0.25, 0.3) is 22.6 Å². The van der Waals surface area contributed by atoms with Crippen LogP contribution >= 0.6 is 15.9 Å². The van der Waals surface area contributed by atoms with Crippen LogP contribution < -0.4 is 4.74 Å². The maximum absolute atomic E-state index is 10.3. The zero-order valence-electron chi connectivity index (χ0n) is 15.3. The van der Waals surface area contributed by atoms with Crippen molar-refractivity contribution in [2.75, 3.05) is 7.11 Å². The Morgan fingerprint density at radius 2 is 1.96 bits per heavy atom. The molecule has 1 aromatic heterocycles. The summed E-state index contributed by atoms with van der Waals surface area (Å²) in [6, 6.07) is 17.0. The number of oxazole rings is 1. The van der Waals surface area contributed by atoms with Gasteiger partial charge in [-0.15, -0.1) is 0 Å². The summed E-state index contributed by atoms with van der Waals surface area (Å²) in [5.74, 6) is 1.01. The van der Waals surface area contributed by atoms with E-state index in [1.807, 2.05) is 49.4 Å². The number of nitrogens with zero attached hydrogens (tertiary/aromatic N) is 2. The fourth-order valence-electron chi connectivity index (χ4n) is 2.91. The van der Waals surface area contributed by atoms with E-state index in [2.05, 4.69) is 25.9 Å². The maximum atomic E-state index is 10.3. The number of ether oxygens (including phenoxy) is 1. The molecule has 28 heavy (non-hydrogen) atoms. The Balaban J connectivity index is 1.70. The quantitative estimate of drug-likeness (QED) is 0.396. The number of aliphatic imine (C=N–C) groups is 1. The van der Waals surface area contributed by atoms with Gasteiger partial charge in [0.2, 0.25) is 5.89 Å². The van der Waals surface area contributed by atoms with Crippen molar-refractivity contribution >= 4 is 38.9 Å². The highest BCUT2D eigenvalue weighted by Crippen LogP contribution is 2.34. The zero-order valence-corrected chi connectivity index (χ0v) is 16.9. The Morgan fingerprint density at radius 3 is 2.75 bits per heavy atom. The highest BCUT2D eigenvalue weighted by atomic mass is 79.9. The number of hydrogen-bond donors (Lipinski definition) is 1. The van der Waals surface area contributed by atoms with Crippen LogP contribution in [0.5, 0.6) is 11.5 Å². The van der Waals surface area contributed by atoms with E-state index in [-0.39, 0.29) is 5.75 Å². The van der Waals surface area contributed by atoms with E-state index in [0.29, 0.717) is 28.5 Å². The first-order chi connectivity index (χ1) is 13.6. The number of methoxy groups -OCH3 is 1. The van der Waals surface area contributed by atoms with Crippen LogP contribution in [0, 0.1) is 6.92 Å². The van der Waals surface area contributed by atoms with Gasteiger partial charge in [-0.25, -0.2) is 4.98 Å². The van der Waals surface area contributed by atoms with Crippen LogP contribution in [0.2, 0.25) is 0 Å². The zero-order chi connectivity index (χ0) is 19.7. The average Bonchev–Trinajstić information content (AvgIpc) is 3.11. The number of aromatic hydroxyl groups is 1. The lowest BCUT2D eigenvalue weighted by Gasteiger charge is -2.07. The summed E-state index contributed by atoms with van der Waals surface area (Å²) in [6.07, 6.45) is 1.59.